The Balaban J connectivity index is 1.64. The van der Waals surface area contributed by atoms with Crippen LogP contribution in [0.3, 0.4) is 0 Å². The third-order valence-electron chi connectivity index (χ3n) is 5.48. The maximum Gasteiger partial charge on any atom is 0.243 e. The van der Waals surface area contributed by atoms with Gasteiger partial charge in [0.25, 0.3) is 0 Å². The van der Waals surface area contributed by atoms with E-state index in [1.54, 1.807) is 0 Å². The Morgan fingerprint density at radius 3 is 2.89 bits per heavy atom. The molecule has 0 aliphatic carbocycles. The smallest absolute Gasteiger partial charge is 0.243 e. The average Bonchev–Trinajstić information content (AvgIpc) is 3.16. The molecule has 0 saturated carbocycles. The predicted molar refractivity (Wildman–Crippen MR) is 105 cm³/mol. The van der Waals surface area contributed by atoms with Gasteiger partial charge in [-0.25, -0.2) is 22.8 Å². The number of H-pyrrole nitrogens is 1. The summed E-state index contributed by atoms with van der Waals surface area (Å²) in [5, 5.41) is 0.891. The molecule has 0 amide bonds. The molecule has 1 fully saturated rings. The molecule has 0 spiro atoms. The fourth-order valence-electron chi connectivity index (χ4n) is 3.82. The second-order valence-corrected chi connectivity index (χ2v) is 9.14. The Hall–Kier alpha value is -2.52. The number of aromatic amines is 1. The standard InChI is InChI=1S/C19H22FN5O2S/c1-13-7-9-25(28(26,27)15-5-3-4-14(20)10-15)11-17(13)24(2)19-16-6-8-21-18(16)22-12-23-19/h3-6,8,10,12-13,17H,7,9,11H2,1-2H3,(H,21,22,23). The molecule has 1 saturated heterocycles. The molecule has 4 rings (SSSR count). The van der Waals surface area contributed by atoms with E-state index in [0.29, 0.717) is 19.5 Å². The van der Waals surface area contributed by atoms with Gasteiger partial charge in [-0.2, -0.15) is 4.31 Å². The molecule has 9 heteroatoms. The minimum Gasteiger partial charge on any atom is -0.354 e. The summed E-state index contributed by atoms with van der Waals surface area (Å²) in [7, 11) is -1.84. The van der Waals surface area contributed by atoms with Crippen LogP contribution in [-0.2, 0) is 10.0 Å². The highest BCUT2D eigenvalue weighted by atomic mass is 32.2. The third kappa shape index (κ3) is 3.24. The molecule has 28 heavy (non-hydrogen) atoms. The molecule has 2 unspecified atom stereocenters. The number of piperidine rings is 1. The number of hydrogen-bond acceptors (Lipinski definition) is 5. The van der Waals surface area contributed by atoms with Gasteiger partial charge in [-0.15, -0.1) is 0 Å². The minimum absolute atomic E-state index is 0.0153. The Labute approximate surface area is 163 Å². The van der Waals surface area contributed by atoms with Crippen LogP contribution in [0.2, 0.25) is 0 Å². The van der Waals surface area contributed by atoms with Crippen molar-refractivity contribution < 1.29 is 12.8 Å². The fraction of sp³-hybridized carbons (Fsp3) is 0.368. The number of rotatable bonds is 4. The normalized spacial score (nSPS) is 21.1. The van der Waals surface area contributed by atoms with Gasteiger partial charge in [-0.1, -0.05) is 13.0 Å². The SMILES string of the molecule is CC1CCN(S(=O)(=O)c2cccc(F)c2)CC1N(C)c1ncnc2[nH]ccc12. The van der Waals surface area contributed by atoms with Gasteiger partial charge in [-0.05, 0) is 36.6 Å². The highest BCUT2D eigenvalue weighted by Gasteiger charge is 2.36. The van der Waals surface area contributed by atoms with E-state index in [0.717, 1.165) is 22.9 Å². The van der Waals surface area contributed by atoms with Crippen LogP contribution < -0.4 is 4.90 Å². The van der Waals surface area contributed by atoms with Crippen LogP contribution >= 0.6 is 0 Å². The second kappa shape index (κ2) is 7.14. The van der Waals surface area contributed by atoms with Crippen molar-refractivity contribution in [3.63, 3.8) is 0 Å². The highest BCUT2D eigenvalue weighted by Crippen LogP contribution is 2.30. The Kier molecular flexibility index (Phi) is 4.80. The fourth-order valence-corrected chi connectivity index (χ4v) is 5.32. The van der Waals surface area contributed by atoms with Crippen molar-refractivity contribution in [3.8, 4) is 0 Å². The number of nitrogens with zero attached hydrogens (tertiary/aromatic N) is 4. The van der Waals surface area contributed by atoms with Crippen molar-refractivity contribution in [2.45, 2.75) is 24.3 Å². The van der Waals surface area contributed by atoms with Gasteiger partial charge < -0.3 is 9.88 Å². The van der Waals surface area contributed by atoms with E-state index in [1.807, 2.05) is 24.2 Å². The maximum absolute atomic E-state index is 13.6. The zero-order chi connectivity index (χ0) is 19.9. The molecule has 148 valence electrons. The van der Waals surface area contributed by atoms with E-state index in [4.69, 9.17) is 0 Å². The number of nitrogens with one attached hydrogen (secondary N) is 1. The van der Waals surface area contributed by atoms with Crippen LogP contribution in [0, 0.1) is 11.7 Å². The van der Waals surface area contributed by atoms with Crippen molar-refractivity contribution in [1.82, 2.24) is 19.3 Å². The Morgan fingerprint density at radius 1 is 1.29 bits per heavy atom. The first-order valence-corrected chi connectivity index (χ1v) is 10.6. The Morgan fingerprint density at radius 2 is 2.11 bits per heavy atom. The topological polar surface area (TPSA) is 82.2 Å². The van der Waals surface area contributed by atoms with Gasteiger partial charge in [0.1, 0.15) is 23.6 Å². The van der Waals surface area contributed by atoms with Gasteiger partial charge in [0.15, 0.2) is 0 Å². The van der Waals surface area contributed by atoms with Gasteiger partial charge in [0, 0.05) is 32.4 Å². The largest absolute Gasteiger partial charge is 0.354 e. The van der Waals surface area contributed by atoms with Crippen molar-refractivity contribution >= 4 is 26.9 Å². The van der Waals surface area contributed by atoms with Crippen LogP contribution in [0.1, 0.15) is 13.3 Å². The van der Waals surface area contributed by atoms with Crippen LogP contribution in [0.25, 0.3) is 11.0 Å². The summed E-state index contributed by atoms with van der Waals surface area (Å²) in [6.45, 7) is 2.84. The zero-order valence-corrected chi connectivity index (χ0v) is 16.5. The summed E-state index contributed by atoms with van der Waals surface area (Å²) in [4.78, 5) is 13.7. The number of halogens is 1. The van der Waals surface area contributed by atoms with E-state index in [1.165, 1.54) is 28.8 Å². The lowest BCUT2D eigenvalue weighted by atomic mass is 9.93. The van der Waals surface area contributed by atoms with Crippen molar-refractivity contribution in [3.05, 3.63) is 48.7 Å². The first kappa shape index (κ1) is 18.8. The molecule has 1 aliphatic heterocycles. The summed E-state index contributed by atoms with van der Waals surface area (Å²) in [5.41, 5.74) is 0.740. The number of likely N-dealkylation sites (N-methyl/N-ethyl adjacent to an activating group) is 1. The summed E-state index contributed by atoms with van der Waals surface area (Å²) >= 11 is 0. The van der Waals surface area contributed by atoms with Gasteiger partial charge >= 0.3 is 0 Å². The van der Waals surface area contributed by atoms with Crippen molar-refractivity contribution in [2.75, 3.05) is 25.0 Å². The van der Waals surface area contributed by atoms with E-state index in [9.17, 15) is 12.8 Å². The molecule has 7 nitrogen and oxygen atoms in total. The summed E-state index contributed by atoms with van der Waals surface area (Å²) in [6.07, 6.45) is 4.02. The molecule has 1 aromatic carbocycles. The average molecular weight is 403 g/mol. The Bertz CT molecular complexity index is 1100. The second-order valence-electron chi connectivity index (χ2n) is 7.20. The van der Waals surface area contributed by atoms with E-state index in [-0.39, 0.29) is 16.9 Å². The minimum atomic E-state index is -3.76. The van der Waals surface area contributed by atoms with Crippen LogP contribution in [0.5, 0.6) is 0 Å². The van der Waals surface area contributed by atoms with Crippen LogP contribution in [0.15, 0.2) is 47.8 Å². The number of fused-ring (bicyclic) bond motifs is 1. The van der Waals surface area contributed by atoms with Crippen molar-refractivity contribution in [1.29, 1.82) is 0 Å². The number of anilines is 1. The van der Waals surface area contributed by atoms with E-state index >= 15 is 0 Å². The highest BCUT2D eigenvalue weighted by molar-refractivity contribution is 7.89. The molecule has 0 bridgehead atoms. The molecule has 1 N–H and O–H groups in total. The molecule has 1 aliphatic rings. The lowest BCUT2D eigenvalue weighted by molar-refractivity contribution is 0.247. The molecule has 0 radical (unpaired) electrons. The van der Waals surface area contributed by atoms with Crippen molar-refractivity contribution in [2.24, 2.45) is 5.92 Å². The lowest BCUT2D eigenvalue weighted by Gasteiger charge is -2.41. The molecule has 2 aromatic heterocycles. The molecule has 2 atom stereocenters. The molecule has 3 heterocycles. The lowest BCUT2D eigenvalue weighted by Crippen LogP contribution is -2.52. The van der Waals surface area contributed by atoms with Gasteiger partial charge in [0.2, 0.25) is 10.0 Å². The third-order valence-corrected chi connectivity index (χ3v) is 7.34. The van der Waals surface area contributed by atoms with Crippen LogP contribution in [0.4, 0.5) is 10.2 Å². The molecule has 3 aromatic rings. The molecular formula is C19H22FN5O2S. The van der Waals surface area contributed by atoms with Crippen LogP contribution in [-0.4, -0.2) is 53.9 Å². The maximum atomic E-state index is 13.6. The number of sulfonamides is 1. The first-order chi connectivity index (χ1) is 13.4. The summed E-state index contributed by atoms with van der Waals surface area (Å²) in [6, 6.07) is 7.01. The monoisotopic (exact) mass is 403 g/mol. The van der Waals surface area contributed by atoms with E-state index < -0.39 is 15.8 Å². The first-order valence-electron chi connectivity index (χ1n) is 9.14. The van der Waals surface area contributed by atoms with E-state index in [2.05, 4.69) is 21.9 Å². The summed E-state index contributed by atoms with van der Waals surface area (Å²) in [5.74, 6) is 0.469. The predicted octanol–water partition coefficient (Wildman–Crippen LogP) is 2.63. The van der Waals surface area contributed by atoms with Gasteiger partial charge in [-0.3, -0.25) is 0 Å². The quantitative estimate of drug-likeness (QED) is 0.724. The zero-order valence-electron chi connectivity index (χ0n) is 15.7. The number of benzene rings is 1. The summed E-state index contributed by atoms with van der Waals surface area (Å²) < 4.78 is 41.1. The van der Waals surface area contributed by atoms with Gasteiger partial charge in [0.05, 0.1) is 10.3 Å². The molecular weight excluding hydrogens is 381 g/mol. The number of aromatic nitrogens is 3. The number of hydrogen-bond donors (Lipinski definition) is 1.